The minimum Gasteiger partial charge on any atom is -0.466 e. The van der Waals surface area contributed by atoms with Gasteiger partial charge in [-0.25, -0.2) is 4.79 Å². The van der Waals surface area contributed by atoms with Crippen LogP contribution in [0, 0.1) is 0 Å². The van der Waals surface area contributed by atoms with Gasteiger partial charge in [0.05, 0.1) is 23.9 Å². The van der Waals surface area contributed by atoms with Gasteiger partial charge in [0.25, 0.3) is 11.4 Å². The van der Waals surface area contributed by atoms with E-state index in [0.717, 1.165) is 0 Å². The van der Waals surface area contributed by atoms with Gasteiger partial charge in [0.15, 0.2) is 5.43 Å². The number of para-hydroxylation sites is 1. The summed E-state index contributed by atoms with van der Waals surface area (Å²) in [5.41, 5.74) is -0.797. The molecule has 1 atom stereocenters. The highest BCUT2D eigenvalue weighted by Gasteiger charge is 2.75. The van der Waals surface area contributed by atoms with Crippen LogP contribution in [-0.2, 0) is 42.2 Å². The van der Waals surface area contributed by atoms with Gasteiger partial charge in [0.1, 0.15) is 0 Å². The maximum Gasteiger partial charge on any atom is 0.349 e. The van der Waals surface area contributed by atoms with E-state index in [0.29, 0.717) is 16.6 Å². The van der Waals surface area contributed by atoms with Gasteiger partial charge >= 0.3 is 5.97 Å². The van der Waals surface area contributed by atoms with Gasteiger partial charge in [-0.3, -0.25) is 4.79 Å². The molecule has 0 unspecified atom stereocenters. The number of carbonyl (C=O) groups excluding carboxylic acids is 1. The van der Waals surface area contributed by atoms with Gasteiger partial charge in [0.2, 0.25) is 0 Å². The molecule has 0 fully saturated rings. The van der Waals surface area contributed by atoms with Gasteiger partial charge in [-0.05, 0) is 12.1 Å². The SMILES string of the molecule is COC(=O)[C@@]1(OC)c2c(n(C)c3ccccc3c2=O)C1(OC)OC. The summed E-state index contributed by atoms with van der Waals surface area (Å²) in [5.74, 6) is -2.34. The standard InChI is InChI=1S/C17H19NO6/c1-18-11-9-7-6-8-10(11)13(19)12-14(18)17(23-4,24-5)16(12,22-3)15(20)21-2/h6-9H,1-5H3/t16-/m0/s1. The molecule has 7 heteroatoms. The summed E-state index contributed by atoms with van der Waals surface area (Å²) in [4.78, 5) is 25.6. The van der Waals surface area contributed by atoms with Crippen LogP contribution >= 0.6 is 0 Å². The van der Waals surface area contributed by atoms with Gasteiger partial charge in [-0.1, -0.05) is 12.1 Å². The van der Waals surface area contributed by atoms with Crippen LogP contribution in [0.3, 0.4) is 0 Å². The molecule has 0 saturated carbocycles. The molecule has 0 amide bonds. The van der Waals surface area contributed by atoms with E-state index in [1.165, 1.54) is 28.4 Å². The number of hydrogen-bond acceptors (Lipinski definition) is 6. The summed E-state index contributed by atoms with van der Waals surface area (Å²) < 4.78 is 23.3. The van der Waals surface area contributed by atoms with E-state index in [4.69, 9.17) is 18.9 Å². The molecule has 128 valence electrons. The number of nitrogens with zero attached hydrogens (tertiary/aromatic N) is 1. The summed E-state index contributed by atoms with van der Waals surface area (Å²) in [7, 11) is 7.11. The van der Waals surface area contributed by atoms with Crippen molar-refractivity contribution in [2.24, 2.45) is 7.05 Å². The van der Waals surface area contributed by atoms with Crippen molar-refractivity contribution < 1.29 is 23.7 Å². The van der Waals surface area contributed by atoms with Crippen LogP contribution in [0.4, 0.5) is 0 Å². The van der Waals surface area contributed by atoms with E-state index in [9.17, 15) is 9.59 Å². The van der Waals surface area contributed by atoms with E-state index in [2.05, 4.69) is 0 Å². The van der Waals surface area contributed by atoms with Crippen LogP contribution in [-0.4, -0.2) is 39.0 Å². The summed E-state index contributed by atoms with van der Waals surface area (Å²) in [6, 6.07) is 7.12. The molecule has 0 spiro atoms. The third-order valence-corrected chi connectivity index (χ3v) is 4.79. The number of esters is 1. The number of hydrogen-bond donors (Lipinski definition) is 0. The van der Waals surface area contributed by atoms with Gasteiger partial charge < -0.3 is 23.5 Å². The average molecular weight is 333 g/mol. The van der Waals surface area contributed by atoms with Gasteiger partial charge in [-0.15, -0.1) is 0 Å². The second kappa shape index (κ2) is 5.41. The molecule has 1 aliphatic carbocycles. The zero-order valence-corrected chi connectivity index (χ0v) is 14.2. The number of rotatable bonds is 4. The van der Waals surface area contributed by atoms with Crippen LogP contribution in [0.2, 0.25) is 0 Å². The number of ether oxygens (including phenoxy) is 4. The van der Waals surface area contributed by atoms with Crippen molar-refractivity contribution in [2.75, 3.05) is 28.4 Å². The number of fused-ring (bicyclic) bond motifs is 2. The molecule has 0 aliphatic heterocycles. The fraction of sp³-hybridized carbons (Fsp3) is 0.412. The number of benzene rings is 1. The Labute approximate surface area is 138 Å². The smallest absolute Gasteiger partial charge is 0.349 e. The fourth-order valence-corrected chi connectivity index (χ4v) is 3.73. The molecule has 1 aliphatic rings. The lowest BCUT2D eigenvalue weighted by molar-refractivity contribution is -0.344. The molecular formula is C17H19NO6. The van der Waals surface area contributed by atoms with Crippen LogP contribution in [0.1, 0.15) is 11.3 Å². The Morgan fingerprint density at radius 1 is 1.04 bits per heavy atom. The van der Waals surface area contributed by atoms with E-state index in [-0.39, 0.29) is 11.0 Å². The number of aryl methyl sites for hydroxylation is 1. The fourth-order valence-electron chi connectivity index (χ4n) is 3.73. The van der Waals surface area contributed by atoms with Gasteiger partial charge in [-0.2, -0.15) is 0 Å². The lowest BCUT2D eigenvalue weighted by atomic mass is 9.68. The normalized spacial score (nSPS) is 21.2. The lowest BCUT2D eigenvalue weighted by Gasteiger charge is -2.54. The first-order chi connectivity index (χ1) is 11.5. The van der Waals surface area contributed by atoms with Crippen LogP contribution in [0.25, 0.3) is 10.9 Å². The quantitative estimate of drug-likeness (QED) is 0.614. The average Bonchev–Trinajstić information content (AvgIpc) is 2.61. The molecule has 7 nitrogen and oxygen atoms in total. The lowest BCUT2D eigenvalue weighted by Crippen LogP contribution is -2.69. The zero-order valence-electron chi connectivity index (χ0n) is 14.2. The minimum atomic E-state index is -1.79. The first kappa shape index (κ1) is 16.6. The van der Waals surface area contributed by atoms with E-state index >= 15 is 0 Å². The van der Waals surface area contributed by atoms with Gasteiger partial charge in [0, 0.05) is 33.8 Å². The first-order valence-electron chi connectivity index (χ1n) is 7.33. The van der Waals surface area contributed by atoms with E-state index in [1.54, 1.807) is 23.7 Å². The summed E-state index contributed by atoms with van der Waals surface area (Å²) in [6.07, 6.45) is 0. The molecule has 1 heterocycles. The third kappa shape index (κ3) is 1.56. The Bertz CT molecular complexity index is 883. The first-order valence-corrected chi connectivity index (χ1v) is 7.33. The molecule has 3 rings (SSSR count). The van der Waals surface area contributed by atoms with Crippen molar-refractivity contribution >= 4 is 16.9 Å². The van der Waals surface area contributed by atoms with Crippen molar-refractivity contribution in [3.8, 4) is 0 Å². The highest BCUT2D eigenvalue weighted by molar-refractivity contribution is 5.91. The number of aromatic nitrogens is 1. The second-order valence-electron chi connectivity index (χ2n) is 5.53. The van der Waals surface area contributed by atoms with Crippen LogP contribution in [0.15, 0.2) is 29.1 Å². The Kier molecular flexibility index (Phi) is 3.75. The third-order valence-electron chi connectivity index (χ3n) is 4.79. The zero-order chi connectivity index (χ0) is 17.7. The summed E-state index contributed by atoms with van der Waals surface area (Å²) in [6.45, 7) is 0. The summed E-state index contributed by atoms with van der Waals surface area (Å²) in [5, 5.41) is 0.477. The Morgan fingerprint density at radius 3 is 2.21 bits per heavy atom. The second-order valence-corrected chi connectivity index (χ2v) is 5.53. The predicted octanol–water partition coefficient (Wildman–Crippen LogP) is 1.01. The molecule has 0 bridgehead atoms. The van der Waals surface area contributed by atoms with Crippen molar-refractivity contribution in [3.05, 3.63) is 45.7 Å². The minimum absolute atomic E-state index is 0.168. The van der Waals surface area contributed by atoms with Crippen LogP contribution in [0.5, 0.6) is 0 Å². The monoisotopic (exact) mass is 333 g/mol. The van der Waals surface area contributed by atoms with E-state index in [1.807, 2.05) is 12.1 Å². The Morgan fingerprint density at radius 2 is 1.67 bits per heavy atom. The molecule has 2 aromatic rings. The molecule has 24 heavy (non-hydrogen) atoms. The maximum atomic E-state index is 13.1. The van der Waals surface area contributed by atoms with Crippen LogP contribution < -0.4 is 5.43 Å². The number of methoxy groups -OCH3 is 4. The number of carbonyl (C=O) groups is 1. The highest BCUT2D eigenvalue weighted by atomic mass is 16.7. The topological polar surface area (TPSA) is 76.0 Å². The molecule has 1 aromatic heterocycles. The predicted molar refractivity (Wildman–Crippen MR) is 85.6 cm³/mol. The highest BCUT2D eigenvalue weighted by Crippen LogP contribution is 2.57. The Balaban J connectivity index is 2.53. The maximum absolute atomic E-state index is 13.1. The molecule has 0 N–H and O–H groups in total. The van der Waals surface area contributed by atoms with Crippen molar-refractivity contribution in [1.82, 2.24) is 4.57 Å². The van der Waals surface area contributed by atoms with E-state index < -0.39 is 17.4 Å². The molecule has 1 aromatic carbocycles. The molecule has 0 radical (unpaired) electrons. The molecule has 0 saturated heterocycles. The Hall–Kier alpha value is -2.22. The van der Waals surface area contributed by atoms with Crippen molar-refractivity contribution in [2.45, 2.75) is 11.4 Å². The summed E-state index contributed by atoms with van der Waals surface area (Å²) >= 11 is 0. The molecular weight excluding hydrogens is 314 g/mol. The van der Waals surface area contributed by atoms with Crippen molar-refractivity contribution in [1.29, 1.82) is 0 Å². The largest absolute Gasteiger partial charge is 0.466 e. The van der Waals surface area contributed by atoms with Crippen molar-refractivity contribution in [3.63, 3.8) is 0 Å². The number of pyridine rings is 1.